The van der Waals surface area contributed by atoms with E-state index in [2.05, 4.69) is 10.1 Å². The first-order chi connectivity index (χ1) is 7.27. The summed E-state index contributed by atoms with van der Waals surface area (Å²) >= 11 is 0. The number of ketones is 1. The van der Waals surface area contributed by atoms with Gasteiger partial charge in [-0.2, -0.15) is 5.10 Å². The van der Waals surface area contributed by atoms with Crippen LogP contribution in [-0.2, 0) is 17.8 Å². The smallest absolute Gasteiger partial charge is 0.140 e. The highest BCUT2D eigenvalue weighted by Crippen LogP contribution is 2.02. The Labute approximate surface area is 89.7 Å². The lowest BCUT2D eigenvalue weighted by molar-refractivity contribution is -0.118. The van der Waals surface area contributed by atoms with E-state index < -0.39 is 0 Å². The van der Waals surface area contributed by atoms with Crippen molar-refractivity contribution in [1.29, 1.82) is 0 Å². The minimum absolute atomic E-state index is 0.214. The number of rotatable bonds is 7. The molecular formula is C10H18N4O. The molecule has 0 saturated heterocycles. The van der Waals surface area contributed by atoms with E-state index in [4.69, 9.17) is 5.73 Å². The Morgan fingerprint density at radius 1 is 1.53 bits per heavy atom. The Hall–Kier alpha value is -1.23. The molecule has 0 fully saturated rings. The summed E-state index contributed by atoms with van der Waals surface area (Å²) in [5, 5.41) is 4.02. The van der Waals surface area contributed by atoms with Crippen molar-refractivity contribution in [1.82, 2.24) is 14.8 Å². The van der Waals surface area contributed by atoms with Crippen LogP contribution in [0.15, 0.2) is 6.33 Å². The second-order valence-electron chi connectivity index (χ2n) is 3.45. The van der Waals surface area contributed by atoms with Gasteiger partial charge in [-0.25, -0.2) is 9.67 Å². The van der Waals surface area contributed by atoms with Gasteiger partial charge in [0.05, 0.1) is 6.42 Å². The molecule has 0 aliphatic carbocycles. The maximum absolute atomic E-state index is 11.5. The van der Waals surface area contributed by atoms with Gasteiger partial charge in [0.25, 0.3) is 0 Å². The van der Waals surface area contributed by atoms with E-state index >= 15 is 0 Å². The Kier molecular flexibility index (Phi) is 4.97. The van der Waals surface area contributed by atoms with Crippen LogP contribution in [-0.4, -0.2) is 27.1 Å². The van der Waals surface area contributed by atoms with Crippen molar-refractivity contribution in [3.63, 3.8) is 0 Å². The molecular weight excluding hydrogens is 192 g/mol. The second-order valence-corrected chi connectivity index (χ2v) is 3.45. The van der Waals surface area contributed by atoms with E-state index in [-0.39, 0.29) is 5.78 Å². The van der Waals surface area contributed by atoms with Gasteiger partial charge in [-0.3, -0.25) is 4.79 Å². The van der Waals surface area contributed by atoms with Crippen LogP contribution in [0.2, 0.25) is 0 Å². The average molecular weight is 210 g/mol. The summed E-state index contributed by atoms with van der Waals surface area (Å²) in [5.74, 6) is 0.974. The van der Waals surface area contributed by atoms with Crippen LogP contribution in [0.4, 0.5) is 0 Å². The zero-order valence-electron chi connectivity index (χ0n) is 9.15. The molecule has 1 heterocycles. The van der Waals surface area contributed by atoms with E-state index in [1.165, 1.54) is 6.33 Å². The Balaban J connectivity index is 2.37. The summed E-state index contributed by atoms with van der Waals surface area (Å²) in [5.41, 5.74) is 5.36. The SMILES string of the molecule is CCn1ncnc1CC(=O)CCCCN. The minimum Gasteiger partial charge on any atom is -0.330 e. The molecule has 1 aromatic heterocycles. The molecule has 1 aromatic rings. The lowest BCUT2D eigenvalue weighted by atomic mass is 10.1. The van der Waals surface area contributed by atoms with Gasteiger partial charge in [-0.1, -0.05) is 0 Å². The van der Waals surface area contributed by atoms with Crippen molar-refractivity contribution >= 4 is 5.78 Å². The normalized spacial score (nSPS) is 10.5. The molecule has 0 radical (unpaired) electrons. The Morgan fingerprint density at radius 3 is 3.00 bits per heavy atom. The van der Waals surface area contributed by atoms with Crippen LogP contribution < -0.4 is 5.73 Å². The van der Waals surface area contributed by atoms with E-state index in [9.17, 15) is 4.79 Å². The highest BCUT2D eigenvalue weighted by atomic mass is 16.1. The second kappa shape index (κ2) is 6.29. The van der Waals surface area contributed by atoms with E-state index in [1.54, 1.807) is 4.68 Å². The number of carbonyl (C=O) groups is 1. The monoisotopic (exact) mass is 210 g/mol. The quantitative estimate of drug-likeness (QED) is 0.666. The molecule has 2 N–H and O–H groups in total. The van der Waals surface area contributed by atoms with Crippen molar-refractivity contribution in [3.05, 3.63) is 12.2 Å². The third kappa shape index (κ3) is 3.79. The molecule has 5 nitrogen and oxygen atoms in total. The maximum Gasteiger partial charge on any atom is 0.140 e. The fourth-order valence-corrected chi connectivity index (χ4v) is 1.42. The molecule has 0 atom stereocenters. The van der Waals surface area contributed by atoms with Crippen LogP contribution in [0, 0.1) is 0 Å². The lowest BCUT2D eigenvalue weighted by Crippen LogP contribution is -2.11. The van der Waals surface area contributed by atoms with Gasteiger partial charge in [0.15, 0.2) is 0 Å². The van der Waals surface area contributed by atoms with Crippen LogP contribution >= 0.6 is 0 Å². The average Bonchev–Trinajstić information content (AvgIpc) is 2.65. The highest BCUT2D eigenvalue weighted by Gasteiger charge is 2.08. The highest BCUT2D eigenvalue weighted by molar-refractivity contribution is 5.80. The first-order valence-electron chi connectivity index (χ1n) is 5.36. The molecule has 15 heavy (non-hydrogen) atoms. The van der Waals surface area contributed by atoms with E-state index in [0.717, 1.165) is 25.2 Å². The summed E-state index contributed by atoms with van der Waals surface area (Å²) in [4.78, 5) is 15.6. The van der Waals surface area contributed by atoms with Gasteiger partial charge >= 0.3 is 0 Å². The van der Waals surface area contributed by atoms with E-state index in [1.807, 2.05) is 6.92 Å². The number of nitrogens with two attached hydrogens (primary N) is 1. The van der Waals surface area contributed by atoms with Gasteiger partial charge < -0.3 is 5.73 Å². The molecule has 0 aromatic carbocycles. The summed E-state index contributed by atoms with van der Waals surface area (Å²) in [6, 6.07) is 0. The molecule has 0 bridgehead atoms. The van der Waals surface area contributed by atoms with Gasteiger partial charge in [0.1, 0.15) is 17.9 Å². The predicted molar refractivity (Wildman–Crippen MR) is 57.3 cm³/mol. The Morgan fingerprint density at radius 2 is 2.33 bits per heavy atom. The van der Waals surface area contributed by atoms with Crippen LogP contribution in [0.1, 0.15) is 32.0 Å². The number of nitrogens with zero attached hydrogens (tertiary/aromatic N) is 3. The number of aryl methyl sites for hydroxylation is 1. The molecule has 5 heteroatoms. The van der Waals surface area contributed by atoms with Crippen LogP contribution in [0.25, 0.3) is 0 Å². The van der Waals surface area contributed by atoms with Crippen molar-refractivity contribution in [3.8, 4) is 0 Å². The van der Waals surface area contributed by atoms with Crippen molar-refractivity contribution in [2.75, 3.05) is 6.54 Å². The van der Waals surface area contributed by atoms with Crippen LogP contribution in [0.3, 0.4) is 0 Å². The third-order valence-corrected chi connectivity index (χ3v) is 2.26. The Bertz CT molecular complexity index is 308. The first-order valence-corrected chi connectivity index (χ1v) is 5.36. The topological polar surface area (TPSA) is 73.8 Å². The van der Waals surface area contributed by atoms with Crippen molar-refractivity contribution in [2.24, 2.45) is 5.73 Å². The number of hydrogen-bond acceptors (Lipinski definition) is 4. The molecule has 0 aliphatic rings. The van der Waals surface area contributed by atoms with E-state index in [0.29, 0.717) is 19.4 Å². The third-order valence-electron chi connectivity index (χ3n) is 2.26. The summed E-state index contributed by atoms with van der Waals surface area (Å²) in [6.07, 6.45) is 4.25. The first kappa shape index (κ1) is 11.8. The standard InChI is InChI=1S/C10H18N4O/c1-2-14-10(12-8-13-14)7-9(15)5-3-4-6-11/h8H,2-7,11H2,1H3. The molecule has 0 aliphatic heterocycles. The minimum atomic E-state index is 0.214. The summed E-state index contributed by atoms with van der Waals surface area (Å²) < 4.78 is 1.75. The fourth-order valence-electron chi connectivity index (χ4n) is 1.42. The van der Waals surface area contributed by atoms with Gasteiger partial charge in [0.2, 0.25) is 0 Å². The fraction of sp³-hybridized carbons (Fsp3) is 0.700. The molecule has 1 rings (SSSR count). The number of aromatic nitrogens is 3. The maximum atomic E-state index is 11.5. The number of unbranched alkanes of at least 4 members (excludes halogenated alkanes) is 1. The van der Waals surface area contributed by atoms with Crippen molar-refractivity contribution in [2.45, 2.75) is 39.2 Å². The van der Waals surface area contributed by atoms with Gasteiger partial charge in [-0.05, 0) is 26.3 Å². The lowest BCUT2D eigenvalue weighted by Gasteiger charge is -2.02. The van der Waals surface area contributed by atoms with Crippen LogP contribution in [0.5, 0.6) is 0 Å². The molecule has 0 amide bonds. The molecule has 0 unspecified atom stereocenters. The number of Topliss-reactive ketones (excluding diaryl/α,β-unsaturated/α-hetero) is 1. The summed E-state index contributed by atoms with van der Waals surface area (Å²) in [6.45, 7) is 3.39. The summed E-state index contributed by atoms with van der Waals surface area (Å²) in [7, 11) is 0. The molecule has 84 valence electrons. The van der Waals surface area contributed by atoms with Gasteiger partial charge in [-0.15, -0.1) is 0 Å². The molecule has 0 spiro atoms. The largest absolute Gasteiger partial charge is 0.330 e. The van der Waals surface area contributed by atoms with Crippen molar-refractivity contribution < 1.29 is 4.79 Å². The zero-order valence-corrected chi connectivity index (χ0v) is 9.15. The number of hydrogen-bond donors (Lipinski definition) is 1. The molecule has 0 saturated carbocycles. The predicted octanol–water partition coefficient (Wildman–Crippen LogP) is 0.539. The zero-order chi connectivity index (χ0) is 11.1. The van der Waals surface area contributed by atoms with Gasteiger partial charge in [0, 0.05) is 13.0 Å². The number of carbonyl (C=O) groups excluding carboxylic acids is 1.